The van der Waals surface area contributed by atoms with Crippen LogP contribution in [-0.2, 0) is 38.5 Å². The molecule has 0 atom stereocenters. The number of nitrogens with zero attached hydrogens (tertiary/aromatic N) is 4. The molecule has 0 bridgehead atoms. The van der Waals surface area contributed by atoms with Gasteiger partial charge in [-0.2, -0.15) is 0 Å². The SMILES string of the molecule is c1ccc2c(c1)Cc1cc3c(cc1-2)Cc1ccccc1N3c1ccc(N(c2ccc(N3c4ccccc4Cc4cc5c(cc43)Cc3ccccc3-5)cc2)c2ccc(N3c4ccccc4Cc4cc5c(cc43)Cc3ccccc3-5)cc2)cc1. The van der Waals surface area contributed by atoms with Crippen LogP contribution >= 0.6 is 0 Å². The molecule has 0 spiro atoms. The van der Waals surface area contributed by atoms with Gasteiger partial charge in [-0.1, -0.05) is 127 Å². The van der Waals surface area contributed by atoms with Crippen LogP contribution in [0.5, 0.6) is 0 Å². The molecule has 3 heterocycles. The van der Waals surface area contributed by atoms with Crippen molar-refractivity contribution >= 4 is 68.2 Å². The van der Waals surface area contributed by atoms with Gasteiger partial charge < -0.3 is 19.6 Å². The second kappa shape index (κ2) is 17.7. The van der Waals surface area contributed by atoms with Gasteiger partial charge in [-0.15, -0.1) is 0 Å². The fourth-order valence-corrected chi connectivity index (χ4v) is 14.9. The standard InChI is InChI=1S/C78H54N4/c1-7-19-67-49(13-1)37-55-46-76-58(43-70(55)67)40-52-16-4-10-22-73(52)80(76)64-31-25-61(26-32-64)79(62-27-33-65(34-28-62)81-74-23-11-5-17-53(74)41-59-44-71-56(47-77(59)81)38-50-14-2-8-20-68(50)71)63-29-35-66(36-30-63)82-75-24-12-6-18-54(75)42-60-45-72-57(48-78(60)82)39-51-15-3-9-21-69(51)72/h1-36,43-48H,37-42H2. The zero-order chi connectivity index (χ0) is 53.6. The van der Waals surface area contributed by atoms with Gasteiger partial charge in [-0.05, 0) is 247 Å². The summed E-state index contributed by atoms with van der Waals surface area (Å²) in [6.45, 7) is 0. The number of para-hydroxylation sites is 3. The topological polar surface area (TPSA) is 13.0 Å². The average Bonchev–Trinajstić information content (AvgIpc) is 4.01. The molecule has 82 heavy (non-hydrogen) atoms. The number of benzene rings is 12. The molecule has 18 rings (SSSR count). The first-order chi connectivity index (χ1) is 40.6. The van der Waals surface area contributed by atoms with Gasteiger partial charge in [0.2, 0.25) is 0 Å². The molecular formula is C78H54N4. The van der Waals surface area contributed by atoms with E-state index in [2.05, 4.69) is 274 Å². The summed E-state index contributed by atoms with van der Waals surface area (Å²) in [6.07, 6.45) is 5.60. The first-order valence-electron chi connectivity index (χ1n) is 29.1. The number of anilines is 12. The second-order valence-electron chi connectivity index (χ2n) is 23.2. The molecule has 3 aliphatic carbocycles. The van der Waals surface area contributed by atoms with E-state index in [4.69, 9.17) is 0 Å². The van der Waals surface area contributed by atoms with Crippen LogP contribution in [0.15, 0.2) is 255 Å². The van der Waals surface area contributed by atoms with E-state index in [9.17, 15) is 0 Å². The molecule has 0 aromatic heterocycles. The van der Waals surface area contributed by atoms with Gasteiger partial charge in [0.25, 0.3) is 0 Å². The third kappa shape index (κ3) is 6.97. The van der Waals surface area contributed by atoms with Crippen LogP contribution in [0.25, 0.3) is 33.4 Å². The Labute approximate surface area is 478 Å². The summed E-state index contributed by atoms with van der Waals surface area (Å²) < 4.78 is 0. The maximum Gasteiger partial charge on any atom is 0.0500 e. The molecule has 12 aromatic carbocycles. The van der Waals surface area contributed by atoms with Gasteiger partial charge in [0.05, 0.1) is 0 Å². The molecule has 6 aliphatic rings. The number of fused-ring (bicyclic) bond motifs is 15. The lowest BCUT2D eigenvalue weighted by Gasteiger charge is -2.35. The van der Waals surface area contributed by atoms with Crippen molar-refractivity contribution in [2.45, 2.75) is 38.5 Å². The molecule has 0 saturated carbocycles. The van der Waals surface area contributed by atoms with E-state index in [0.29, 0.717) is 0 Å². The first-order valence-corrected chi connectivity index (χ1v) is 29.1. The smallest absolute Gasteiger partial charge is 0.0500 e. The normalized spacial score (nSPS) is 14.0. The molecular weight excluding hydrogens is 993 g/mol. The summed E-state index contributed by atoms with van der Waals surface area (Å²) in [7, 11) is 0. The van der Waals surface area contributed by atoms with Crippen molar-refractivity contribution < 1.29 is 0 Å². The largest absolute Gasteiger partial charge is 0.310 e. The quantitative estimate of drug-likeness (QED) is 0.165. The van der Waals surface area contributed by atoms with E-state index in [1.807, 2.05) is 0 Å². The third-order valence-corrected chi connectivity index (χ3v) is 18.6. The summed E-state index contributed by atoms with van der Waals surface area (Å²) in [5.41, 5.74) is 39.0. The average molecular weight is 1050 g/mol. The van der Waals surface area contributed by atoms with E-state index < -0.39 is 0 Å². The van der Waals surface area contributed by atoms with Crippen LogP contribution in [-0.4, -0.2) is 0 Å². The van der Waals surface area contributed by atoms with Gasteiger partial charge in [-0.25, -0.2) is 0 Å². The Morgan fingerprint density at radius 1 is 0.195 bits per heavy atom. The minimum atomic E-state index is 0.908. The van der Waals surface area contributed by atoms with Crippen molar-refractivity contribution in [3.8, 4) is 33.4 Å². The van der Waals surface area contributed by atoms with Crippen molar-refractivity contribution in [3.05, 3.63) is 322 Å². The molecule has 4 nitrogen and oxygen atoms in total. The second-order valence-corrected chi connectivity index (χ2v) is 23.2. The lowest BCUT2D eigenvalue weighted by molar-refractivity contribution is 1.08. The van der Waals surface area contributed by atoms with E-state index in [1.54, 1.807) is 0 Å². The Morgan fingerprint density at radius 3 is 0.756 bits per heavy atom. The predicted molar refractivity (Wildman–Crippen MR) is 338 cm³/mol. The molecule has 0 fully saturated rings. The van der Waals surface area contributed by atoms with Crippen molar-refractivity contribution in [2.75, 3.05) is 19.6 Å². The Kier molecular flexibility index (Phi) is 9.84. The van der Waals surface area contributed by atoms with Crippen molar-refractivity contribution in [2.24, 2.45) is 0 Å². The molecule has 12 aromatic rings. The lowest BCUT2D eigenvalue weighted by atomic mass is 9.91. The predicted octanol–water partition coefficient (Wildman–Crippen LogP) is 20.0. The summed E-state index contributed by atoms with van der Waals surface area (Å²) >= 11 is 0. The number of rotatable bonds is 6. The third-order valence-electron chi connectivity index (χ3n) is 18.6. The van der Waals surface area contributed by atoms with Crippen LogP contribution in [0.2, 0.25) is 0 Å². The molecule has 0 unspecified atom stereocenters. The molecule has 386 valence electrons. The van der Waals surface area contributed by atoms with Gasteiger partial charge >= 0.3 is 0 Å². The van der Waals surface area contributed by atoms with Gasteiger partial charge in [0, 0.05) is 87.5 Å². The van der Waals surface area contributed by atoms with Crippen molar-refractivity contribution in [1.29, 1.82) is 0 Å². The zero-order valence-electron chi connectivity index (χ0n) is 45.3. The molecule has 3 aliphatic heterocycles. The van der Waals surface area contributed by atoms with Crippen LogP contribution in [0, 0.1) is 0 Å². The van der Waals surface area contributed by atoms with Crippen LogP contribution < -0.4 is 19.6 Å². The summed E-state index contributed by atoms with van der Waals surface area (Å²) in [6, 6.07) is 96.4. The highest BCUT2D eigenvalue weighted by Gasteiger charge is 2.33. The van der Waals surface area contributed by atoms with E-state index in [0.717, 1.165) is 72.6 Å². The summed E-state index contributed by atoms with van der Waals surface area (Å²) in [5.74, 6) is 0. The van der Waals surface area contributed by atoms with Crippen LogP contribution in [0.1, 0.15) is 66.8 Å². The monoisotopic (exact) mass is 1050 g/mol. The Bertz CT molecular complexity index is 4180. The fraction of sp³-hybridized carbons (Fsp3) is 0.0769. The highest BCUT2D eigenvalue weighted by atomic mass is 15.2. The van der Waals surface area contributed by atoms with Crippen molar-refractivity contribution in [3.63, 3.8) is 0 Å². The van der Waals surface area contributed by atoms with E-state index in [1.165, 1.54) is 134 Å². The molecule has 0 amide bonds. The minimum Gasteiger partial charge on any atom is -0.310 e. The molecule has 0 radical (unpaired) electrons. The van der Waals surface area contributed by atoms with Gasteiger partial charge in [-0.3, -0.25) is 0 Å². The zero-order valence-corrected chi connectivity index (χ0v) is 45.3. The first kappa shape index (κ1) is 45.7. The number of hydrogen-bond acceptors (Lipinski definition) is 4. The van der Waals surface area contributed by atoms with E-state index in [-0.39, 0.29) is 0 Å². The Balaban J connectivity index is 0.751. The Morgan fingerprint density at radius 2 is 0.451 bits per heavy atom. The lowest BCUT2D eigenvalue weighted by Crippen LogP contribution is -2.20. The van der Waals surface area contributed by atoms with Crippen LogP contribution in [0.3, 0.4) is 0 Å². The van der Waals surface area contributed by atoms with Gasteiger partial charge in [0.1, 0.15) is 0 Å². The fourth-order valence-electron chi connectivity index (χ4n) is 14.9. The summed E-state index contributed by atoms with van der Waals surface area (Å²) in [4.78, 5) is 9.93. The highest BCUT2D eigenvalue weighted by molar-refractivity contribution is 5.93. The number of hydrogen-bond donors (Lipinski definition) is 0. The molecule has 4 heteroatoms. The van der Waals surface area contributed by atoms with Crippen LogP contribution in [0.4, 0.5) is 68.2 Å². The van der Waals surface area contributed by atoms with E-state index >= 15 is 0 Å². The van der Waals surface area contributed by atoms with Gasteiger partial charge in [0.15, 0.2) is 0 Å². The molecule has 0 N–H and O–H groups in total. The minimum absolute atomic E-state index is 0.908. The molecule has 0 saturated heterocycles. The Hall–Kier alpha value is -10.2. The van der Waals surface area contributed by atoms with Crippen molar-refractivity contribution in [1.82, 2.24) is 0 Å². The highest BCUT2D eigenvalue weighted by Crippen LogP contribution is 2.53. The maximum atomic E-state index is 2.50. The summed E-state index contributed by atoms with van der Waals surface area (Å²) in [5, 5.41) is 0. The maximum absolute atomic E-state index is 2.50.